The number of phosphoric ester groups is 1. The summed E-state index contributed by atoms with van der Waals surface area (Å²) in [6, 6.07) is 0. The van der Waals surface area contributed by atoms with Crippen LogP contribution in [0.1, 0.15) is 232 Å². The maximum atomic E-state index is 12.8. The van der Waals surface area contributed by atoms with E-state index in [1.807, 2.05) is 21.1 Å². The third-order valence-electron chi connectivity index (χ3n) is 11.7. The monoisotopic (exact) mass is 974 g/mol. The predicted octanol–water partition coefficient (Wildman–Crippen LogP) is 16.3. The van der Waals surface area contributed by atoms with Crippen molar-refractivity contribution >= 4 is 19.8 Å². The van der Waals surface area contributed by atoms with Crippen LogP contribution in [0.15, 0.2) is 72.9 Å². The van der Waals surface area contributed by atoms with Crippen LogP contribution < -0.4 is 4.89 Å². The summed E-state index contributed by atoms with van der Waals surface area (Å²) in [5.41, 5.74) is 0. The fraction of sp³-hybridized carbons (Fsp3) is 0.759. The second kappa shape index (κ2) is 49.4. The number of allylic oxidation sites excluding steroid dienone is 12. The largest absolute Gasteiger partial charge is 0.756 e. The number of carbonyl (C=O) groups excluding carboxylic acids is 2. The molecule has 0 aromatic carbocycles. The van der Waals surface area contributed by atoms with Crippen molar-refractivity contribution in [3.8, 4) is 0 Å². The molecule has 2 unspecified atom stereocenters. The zero-order valence-electron chi connectivity index (χ0n) is 44.5. The Bertz CT molecular complexity index is 1380. The molecule has 0 rings (SSSR count). The quantitative estimate of drug-likeness (QED) is 0.0195. The summed E-state index contributed by atoms with van der Waals surface area (Å²) in [7, 11) is 1.15. The molecule has 0 aliphatic rings. The van der Waals surface area contributed by atoms with E-state index in [1.165, 1.54) is 109 Å². The van der Waals surface area contributed by atoms with Crippen LogP contribution >= 0.6 is 7.82 Å². The number of rotatable bonds is 50. The molecule has 0 bridgehead atoms. The SMILES string of the molecule is CC/C=C\C/C=C\C/C=C\CCCCCCCC(=O)OCC(COP(=O)([O-])OCC[N+](C)(C)C)OC(=O)CCCCCCCCCCCCCCCC/C=C\C/C=C\C/C=C\CCCCCCC. The third kappa shape index (κ3) is 52.8. The summed E-state index contributed by atoms with van der Waals surface area (Å²) in [4.78, 5) is 37.8. The molecule has 0 amide bonds. The Kier molecular flexibility index (Phi) is 47.6. The molecule has 0 heterocycles. The van der Waals surface area contributed by atoms with Gasteiger partial charge in [0.1, 0.15) is 19.8 Å². The number of phosphoric acid groups is 1. The fourth-order valence-corrected chi connectivity index (χ4v) is 8.17. The first-order valence-electron chi connectivity index (χ1n) is 27.6. The van der Waals surface area contributed by atoms with E-state index < -0.39 is 32.5 Å². The van der Waals surface area contributed by atoms with Gasteiger partial charge in [0.15, 0.2) is 6.10 Å². The zero-order chi connectivity index (χ0) is 49.9. The molecule has 2 atom stereocenters. The summed E-state index contributed by atoms with van der Waals surface area (Å²) >= 11 is 0. The molecule has 0 aromatic rings. The van der Waals surface area contributed by atoms with Crippen molar-refractivity contribution in [2.75, 3.05) is 47.5 Å². The van der Waals surface area contributed by atoms with Gasteiger partial charge in [-0.25, -0.2) is 0 Å². The van der Waals surface area contributed by atoms with Gasteiger partial charge >= 0.3 is 11.9 Å². The van der Waals surface area contributed by atoms with Gasteiger partial charge < -0.3 is 27.9 Å². The molecule has 0 saturated carbocycles. The van der Waals surface area contributed by atoms with E-state index in [1.54, 1.807) is 0 Å². The van der Waals surface area contributed by atoms with Crippen LogP contribution in [0.4, 0.5) is 0 Å². The third-order valence-corrected chi connectivity index (χ3v) is 12.7. The highest BCUT2D eigenvalue weighted by molar-refractivity contribution is 7.45. The summed E-state index contributed by atoms with van der Waals surface area (Å²) in [5, 5.41) is 0. The molecule has 0 fully saturated rings. The molecule has 0 aliphatic heterocycles. The minimum atomic E-state index is -4.64. The molecule has 0 saturated heterocycles. The van der Waals surface area contributed by atoms with Crippen LogP contribution in [0.3, 0.4) is 0 Å². The average molecular weight is 974 g/mol. The number of unbranched alkanes of at least 4 members (excludes halogenated alkanes) is 24. The van der Waals surface area contributed by atoms with Crippen LogP contribution in [0.25, 0.3) is 0 Å². The van der Waals surface area contributed by atoms with Gasteiger partial charge in [-0.1, -0.05) is 209 Å². The Morgan fingerprint density at radius 2 is 0.838 bits per heavy atom. The van der Waals surface area contributed by atoms with Crippen LogP contribution in [0.2, 0.25) is 0 Å². The molecule has 0 N–H and O–H groups in total. The molecular formula is C58H104NO8P. The minimum Gasteiger partial charge on any atom is -0.756 e. The fourth-order valence-electron chi connectivity index (χ4n) is 7.44. The van der Waals surface area contributed by atoms with Crippen molar-refractivity contribution in [1.29, 1.82) is 0 Å². The van der Waals surface area contributed by atoms with Crippen LogP contribution in [-0.4, -0.2) is 70.0 Å². The van der Waals surface area contributed by atoms with Gasteiger partial charge in [0, 0.05) is 12.8 Å². The Balaban J connectivity index is 4.14. The lowest BCUT2D eigenvalue weighted by Crippen LogP contribution is -2.37. The molecule has 0 spiro atoms. The minimum absolute atomic E-state index is 0.0364. The number of quaternary nitrogens is 1. The van der Waals surface area contributed by atoms with E-state index >= 15 is 0 Å². The second-order valence-electron chi connectivity index (χ2n) is 19.6. The maximum Gasteiger partial charge on any atom is 0.306 e. The molecule has 68 heavy (non-hydrogen) atoms. The molecule has 0 aliphatic carbocycles. The van der Waals surface area contributed by atoms with Crippen LogP contribution in [-0.2, 0) is 32.7 Å². The summed E-state index contributed by atoms with van der Waals surface area (Å²) in [6.07, 6.45) is 63.8. The zero-order valence-corrected chi connectivity index (χ0v) is 45.4. The van der Waals surface area contributed by atoms with Crippen molar-refractivity contribution in [3.05, 3.63) is 72.9 Å². The van der Waals surface area contributed by atoms with Gasteiger partial charge in [0.05, 0.1) is 27.7 Å². The Labute approximate surface area is 418 Å². The number of ether oxygens (including phenoxy) is 2. The molecular weight excluding hydrogens is 870 g/mol. The molecule has 394 valence electrons. The van der Waals surface area contributed by atoms with Crippen molar-refractivity contribution in [1.82, 2.24) is 0 Å². The molecule has 10 heteroatoms. The Morgan fingerprint density at radius 1 is 0.471 bits per heavy atom. The van der Waals surface area contributed by atoms with E-state index in [2.05, 4.69) is 86.8 Å². The summed E-state index contributed by atoms with van der Waals surface area (Å²) < 4.78 is 34.1. The lowest BCUT2D eigenvalue weighted by atomic mass is 10.0. The first kappa shape index (κ1) is 65.5. The number of hydrogen-bond donors (Lipinski definition) is 0. The van der Waals surface area contributed by atoms with Crippen LogP contribution in [0.5, 0.6) is 0 Å². The number of nitrogens with zero attached hydrogens (tertiary/aromatic N) is 1. The number of carbonyl (C=O) groups is 2. The van der Waals surface area contributed by atoms with Gasteiger partial charge in [-0.2, -0.15) is 0 Å². The van der Waals surface area contributed by atoms with E-state index in [0.717, 1.165) is 83.5 Å². The second-order valence-corrected chi connectivity index (χ2v) is 21.0. The van der Waals surface area contributed by atoms with Crippen LogP contribution in [0, 0.1) is 0 Å². The highest BCUT2D eigenvalue weighted by Crippen LogP contribution is 2.38. The smallest absolute Gasteiger partial charge is 0.306 e. The highest BCUT2D eigenvalue weighted by atomic mass is 31.2. The maximum absolute atomic E-state index is 12.8. The Morgan fingerprint density at radius 3 is 1.25 bits per heavy atom. The molecule has 0 radical (unpaired) electrons. The first-order chi connectivity index (χ1) is 33.0. The highest BCUT2D eigenvalue weighted by Gasteiger charge is 2.21. The average Bonchev–Trinajstić information content (AvgIpc) is 3.30. The van der Waals surface area contributed by atoms with Gasteiger partial charge in [-0.3, -0.25) is 14.2 Å². The van der Waals surface area contributed by atoms with Gasteiger partial charge in [0.2, 0.25) is 0 Å². The number of hydrogen-bond acceptors (Lipinski definition) is 8. The standard InChI is InChI=1S/C58H104NO8P/c1-6-8-10-12-14-16-18-20-22-23-24-25-26-27-28-29-30-31-32-33-34-35-37-39-41-43-45-47-49-51-58(61)67-56(55-66-68(62,63)65-53-52-59(3,4)5)54-64-57(60)50-48-46-44-42-40-38-36-21-19-17-15-13-11-9-7-2/h9,11,15,17-18,20-21,23-24,26-27,36,56H,6-8,10,12-14,16,19,22,25,28-35,37-55H2,1-5H3/b11-9-,17-15-,20-18-,24-23-,27-26-,36-21-. The number of likely N-dealkylation sites (N-methyl/N-ethyl adjacent to an activating group) is 1. The topological polar surface area (TPSA) is 111 Å². The van der Waals surface area contributed by atoms with E-state index in [4.69, 9.17) is 18.5 Å². The van der Waals surface area contributed by atoms with E-state index in [9.17, 15) is 19.0 Å². The molecule has 0 aromatic heterocycles. The normalized spacial score (nSPS) is 13.9. The van der Waals surface area contributed by atoms with Crippen molar-refractivity contribution in [3.63, 3.8) is 0 Å². The van der Waals surface area contributed by atoms with Gasteiger partial charge in [0.25, 0.3) is 7.82 Å². The van der Waals surface area contributed by atoms with Gasteiger partial charge in [-0.15, -0.1) is 0 Å². The van der Waals surface area contributed by atoms with Gasteiger partial charge in [-0.05, 0) is 83.5 Å². The summed E-state index contributed by atoms with van der Waals surface area (Å²) in [5.74, 6) is -0.854. The first-order valence-corrected chi connectivity index (χ1v) is 29.1. The summed E-state index contributed by atoms with van der Waals surface area (Å²) in [6.45, 7) is 4.10. The lowest BCUT2D eigenvalue weighted by molar-refractivity contribution is -0.870. The van der Waals surface area contributed by atoms with E-state index in [-0.39, 0.29) is 26.1 Å². The van der Waals surface area contributed by atoms with Crippen molar-refractivity contribution < 1.29 is 42.1 Å². The van der Waals surface area contributed by atoms with Crippen molar-refractivity contribution in [2.45, 2.75) is 238 Å². The lowest BCUT2D eigenvalue weighted by Gasteiger charge is -2.28. The Hall–Kier alpha value is -2.55. The predicted molar refractivity (Wildman–Crippen MR) is 286 cm³/mol. The number of esters is 2. The van der Waals surface area contributed by atoms with E-state index in [0.29, 0.717) is 23.9 Å². The van der Waals surface area contributed by atoms with Crippen molar-refractivity contribution in [2.24, 2.45) is 0 Å². The molecule has 9 nitrogen and oxygen atoms in total.